The van der Waals surface area contributed by atoms with Crippen molar-refractivity contribution in [2.24, 2.45) is 5.41 Å². The van der Waals surface area contributed by atoms with E-state index in [9.17, 15) is 14.9 Å². The van der Waals surface area contributed by atoms with Crippen LogP contribution in [0.25, 0.3) is 5.69 Å². The first-order chi connectivity index (χ1) is 14.7. The average molecular weight is 416 g/mol. The number of aromatic nitrogens is 2. The Bertz CT molecular complexity index is 1200. The molecule has 2 aliphatic carbocycles. The molecule has 2 atom stereocenters. The van der Waals surface area contributed by atoms with Gasteiger partial charge in [0.15, 0.2) is 5.69 Å². The van der Waals surface area contributed by atoms with Crippen molar-refractivity contribution in [3.05, 3.63) is 81.7 Å². The van der Waals surface area contributed by atoms with E-state index in [1.807, 2.05) is 35.0 Å². The molecule has 0 aliphatic heterocycles. The molecular weight excluding hydrogens is 392 g/mol. The summed E-state index contributed by atoms with van der Waals surface area (Å²) in [6.45, 7) is 6.87. The quantitative estimate of drug-likeness (QED) is 0.467. The topological polar surface area (TPSA) is 90.1 Å². The number of amides is 1. The number of anilines is 1. The van der Waals surface area contributed by atoms with Crippen molar-refractivity contribution in [3.63, 3.8) is 0 Å². The van der Waals surface area contributed by atoms with E-state index in [2.05, 4.69) is 26.1 Å². The monoisotopic (exact) mass is 416 g/mol. The Kier molecular flexibility index (Phi) is 4.09. The molecule has 0 saturated heterocycles. The predicted octanol–water partition coefficient (Wildman–Crippen LogP) is 5.21. The van der Waals surface area contributed by atoms with Gasteiger partial charge in [0, 0.05) is 28.8 Å². The van der Waals surface area contributed by atoms with Gasteiger partial charge in [0.25, 0.3) is 11.6 Å². The fourth-order valence-corrected chi connectivity index (χ4v) is 5.50. The minimum atomic E-state index is -0.459. The minimum Gasteiger partial charge on any atom is -0.321 e. The number of nitrogens with zero attached hydrogens (tertiary/aromatic N) is 3. The molecule has 2 aromatic carbocycles. The number of nitrogens with one attached hydrogen (secondary N) is 1. The maximum absolute atomic E-state index is 13.3. The highest BCUT2D eigenvalue weighted by atomic mass is 16.6. The Labute approximate surface area is 180 Å². The fraction of sp³-hybridized carbons (Fsp3) is 0.333. The number of carbonyl (C=O) groups excluding carboxylic acids is 1. The first kappa shape index (κ1) is 19.5. The van der Waals surface area contributed by atoms with Gasteiger partial charge in [-0.05, 0) is 48.4 Å². The van der Waals surface area contributed by atoms with Crippen LogP contribution in [0.15, 0.2) is 54.6 Å². The summed E-state index contributed by atoms with van der Waals surface area (Å²) < 4.78 is 1.95. The third-order valence-electron chi connectivity index (χ3n) is 7.57. The van der Waals surface area contributed by atoms with Crippen LogP contribution in [0.1, 0.15) is 61.3 Å². The number of nitro benzene ring substituents is 1. The van der Waals surface area contributed by atoms with Crippen molar-refractivity contribution in [2.45, 2.75) is 44.9 Å². The molecule has 7 heteroatoms. The highest BCUT2D eigenvalue weighted by Gasteiger charge is 2.63. The molecule has 7 nitrogen and oxygen atoms in total. The van der Waals surface area contributed by atoms with Gasteiger partial charge in [-0.15, -0.1) is 0 Å². The zero-order valence-corrected chi connectivity index (χ0v) is 17.8. The van der Waals surface area contributed by atoms with Crippen LogP contribution >= 0.6 is 0 Å². The smallest absolute Gasteiger partial charge is 0.276 e. The summed E-state index contributed by atoms with van der Waals surface area (Å²) in [5, 5.41) is 18.6. The normalized spacial score (nSPS) is 22.9. The fourth-order valence-electron chi connectivity index (χ4n) is 5.50. The lowest BCUT2D eigenvalue weighted by Crippen LogP contribution is -2.33. The maximum Gasteiger partial charge on any atom is 0.276 e. The number of nitro groups is 1. The molecular formula is C24H24N4O3. The van der Waals surface area contributed by atoms with Crippen molar-refractivity contribution < 1.29 is 9.72 Å². The Morgan fingerprint density at radius 1 is 1.13 bits per heavy atom. The van der Waals surface area contributed by atoms with E-state index in [0.29, 0.717) is 11.4 Å². The first-order valence-electron chi connectivity index (χ1n) is 10.5. The standard InChI is InChI=1S/C24H24N4O3/c1-23(2)18-13-14-24(23,3)21-19(18)20(26-27(21)16-7-5-4-6-8-16)22(29)25-15-9-11-17(12-10-15)28(30)31/h4-12,18H,13-14H2,1-3H3,(H,25,29)/t18-,24+/m1/s1. The van der Waals surface area contributed by atoms with Crippen LogP contribution in [0, 0.1) is 15.5 Å². The van der Waals surface area contributed by atoms with Crippen LogP contribution in [-0.2, 0) is 5.41 Å². The van der Waals surface area contributed by atoms with Gasteiger partial charge in [-0.25, -0.2) is 4.68 Å². The van der Waals surface area contributed by atoms with E-state index in [4.69, 9.17) is 5.10 Å². The molecule has 2 bridgehead atoms. The molecule has 31 heavy (non-hydrogen) atoms. The summed E-state index contributed by atoms with van der Waals surface area (Å²) in [5.74, 6) is -0.0192. The number of non-ortho nitro benzene ring substituents is 1. The van der Waals surface area contributed by atoms with Crippen molar-refractivity contribution in [1.29, 1.82) is 0 Å². The highest BCUT2D eigenvalue weighted by molar-refractivity contribution is 6.04. The van der Waals surface area contributed by atoms with E-state index < -0.39 is 4.92 Å². The molecule has 3 aromatic rings. The van der Waals surface area contributed by atoms with Crippen LogP contribution in [-0.4, -0.2) is 20.6 Å². The van der Waals surface area contributed by atoms with Gasteiger partial charge in [-0.1, -0.05) is 39.0 Å². The Balaban J connectivity index is 1.59. The molecule has 1 amide bonds. The Morgan fingerprint density at radius 2 is 1.81 bits per heavy atom. The van der Waals surface area contributed by atoms with E-state index >= 15 is 0 Å². The lowest BCUT2D eigenvalue weighted by atomic mass is 9.70. The highest BCUT2D eigenvalue weighted by Crippen LogP contribution is 2.68. The summed E-state index contributed by atoms with van der Waals surface area (Å²) in [6, 6.07) is 15.8. The van der Waals surface area contributed by atoms with Gasteiger partial charge in [-0.2, -0.15) is 5.10 Å². The van der Waals surface area contributed by atoms with Crippen molar-refractivity contribution in [1.82, 2.24) is 9.78 Å². The zero-order chi connectivity index (χ0) is 22.0. The number of hydrogen-bond donors (Lipinski definition) is 1. The second-order valence-corrected chi connectivity index (χ2v) is 9.26. The summed E-state index contributed by atoms with van der Waals surface area (Å²) in [5.41, 5.74) is 4.01. The average Bonchev–Trinajstić information content (AvgIpc) is 3.31. The van der Waals surface area contributed by atoms with Gasteiger partial charge < -0.3 is 5.32 Å². The van der Waals surface area contributed by atoms with Crippen molar-refractivity contribution in [3.8, 4) is 5.69 Å². The van der Waals surface area contributed by atoms with Gasteiger partial charge in [-0.3, -0.25) is 14.9 Å². The minimum absolute atomic E-state index is 0.0146. The SMILES string of the molecule is CC1(C)[C@@H]2CC[C@@]1(C)c1c2c(C(=O)Nc2ccc([N+](=O)[O-])cc2)nn1-c1ccccc1. The maximum atomic E-state index is 13.3. The van der Waals surface area contributed by atoms with Gasteiger partial charge in [0.05, 0.1) is 16.3 Å². The Morgan fingerprint density at radius 3 is 2.45 bits per heavy atom. The largest absolute Gasteiger partial charge is 0.321 e. The summed E-state index contributed by atoms with van der Waals surface area (Å²) in [6.07, 6.45) is 2.11. The molecule has 1 saturated carbocycles. The molecule has 1 aromatic heterocycles. The number of para-hydroxylation sites is 1. The van der Waals surface area contributed by atoms with Crippen LogP contribution in [0.4, 0.5) is 11.4 Å². The molecule has 0 radical (unpaired) electrons. The lowest BCUT2D eigenvalue weighted by Gasteiger charge is -2.35. The second kappa shape index (κ2) is 6.51. The van der Waals surface area contributed by atoms with Crippen LogP contribution < -0.4 is 5.32 Å². The third-order valence-corrected chi connectivity index (χ3v) is 7.57. The second-order valence-electron chi connectivity index (χ2n) is 9.26. The van der Waals surface area contributed by atoms with Gasteiger partial charge >= 0.3 is 0 Å². The number of fused-ring (bicyclic) bond motifs is 5. The number of benzene rings is 2. The third kappa shape index (κ3) is 2.65. The number of rotatable bonds is 4. The lowest BCUT2D eigenvalue weighted by molar-refractivity contribution is -0.384. The molecule has 1 N–H and O–H groups in total. The van der Waals surface area contributed by atoms with Crippen LogP contribution in [0.3, 0.4) is 0 Å². The van der Waals surface area contributed by atoms with Crippen molar-refractivity contribution >= 4 is 17.3 Å². The predicted molar refractivity (Wildman–Crippen MR) is 118 cm³/mol. The number of hydrogen-bond acceptors (Lipinski definition) is 4. The van der Waals surface area contributed by atoms with E-state index in [-0.39, 0.29) is 28.3 Å². The summed E-state index contributed by atoms with van der Waals surface area (Å²) in [7, 11) is 0. The van der Waals surface area contributed by atoms with Gasteiger partial charge in [0.2, 0.25) is 0 Å². The van der Waals surface area contributed by atoms with E-state index in [1.165, 1.54) is 12.1 Å². The Hall–Kier alpha value is -3.48. The molecule has 0 unspecified atom stereocenters. The van der Waals surface area contributed by atoms with Gasteiger partial charge in [0.1, 0.15) is 0 Å². The van der Waals surface area contributed by atoms with Crippen LogP contribution in [0.5, 0.6) is 0 Å². The van der Waals surface area contributed by atoms with Crippen LogP contribution in [0.2, 0.25) is 0 Å². The molecule has 1 fully saturated rings. The van der Waals surface area contributed by atoms with Crippen molar-refractivity contribution in [2.75, 3.05) is 5.32 Å². The zero-order valence-electron chi connectivity index (χ0n) is 17.8. The molecule has 5 rings (SSSR count). The molecule has 0 spiro atoms. The van der Waals surface area contributed by atoms with E-state index in [1.54, 1.807) is 12.1 Å². The molecule has 158 valence electrons. The molecule has 1 heterocycles. The summed E-state index contributed by atoms with van der Waals surface area (Å²) >= 11 is 0. The summed E-state index contributed by atoms with van der Waals surface area (Å²) in [4.78, 5) is 23.7. The van der Waals surface area contributed by atoms with E-state index in [0.717, 1.165) is 29.8 Å². The molecule has 2 aliphatic rings. The first-order valence-corrected chi connectivity index (χ1v) is 10.5. The number of carbonyl (C=O) groups is 1.